The number of aromatic nitrogens is 4. The Balaban J connectivity index is 1.46. The van der Waals surface area contributed by atoms with Crippen molar-refractivity contribution in [2.24, 2.45) is 5.92 Å². The molecule has 0 saturated carbocycles. The Morgan fingerprint density at radius 1 is 1.31 bits per heavy atom. The normalized spacial score (nSPS) is 19.0. The maximum absolute atomic E-state index is 12.4. The second-order valence-corrected chi connectivity index (χ2v) is 8.02. The van der Waals surface area contributed by atoms with Gasteiger partial charge in [-0.05, 0) is 24.0 Å². The van der Waals surface area contributed by atoms with Crippen LogP contribution in [0, 0.1) is 12.8 Å². The number of hydrogen-bond donors (Lipinski definition) is 1. The highest BCUT2D eigenvalue weighted by Gasteiger charge is 2.39. The van der Waals surface area contributed by atoms with Crippen LogP contribution in [0.4, 0.5) is 0 Å². The fourth-order valence-corrected chi connectivity index (χ4v) is 4.34. The first-order valence-electron chi connectivity index (χ1n) is 9.42. The van der Waals surface area contributed by atoms with E-state index in [1.165, 1.54) is 0 Å². The molecule has 4 rings (SSSR count). The molecule has 2 atom stereocenters. The number of nitrogens with one attached hydrogen (secondary N) is 1. The van der Waals surface area contributed by atoms with E-state index in [1.54, 1.807) is 18.9 Å². The van der Waals surface area contributed by atoms with Gasteiger partial charge in [0.05, 0.1) is 24.5 Å². The summed E-state index contributed by atoms with van der Waals surface area (Å²) >= 11 is 1.08. The molecule has 1 saturated heterocycles. The summed E-state index contributed by atoms with van der Waals surface area (Å²) in [6, 6.07) is 9.99. The maximum Gasteiger partial charge on any atom is 0.264 e. The van der Waals surface area contributed by atoms with Gasteiger partial charge in [-0.25, -0.2) is 0 Å². The van der Waals surface area contributed by atoms with E-state index in [4.69, 9.17) is 0 Å². The maximum atomic E-state index is 12.4. The molecule has 0 spiro atoms. The molecule has 1 aliphatic rings. The van der Waals surface area contributed by atoms with Gasteiger partial charge < -0.3 is 10.2 Å². The molecule has 2 aromatic heterocycles. The zero-order valence-corrected chi connectivity index (χ0v) is 17.1. The lowest BCUT2D eigenvalue weighted by molar-refractivity contribution is -0.127. The first-order valence-corrected chi connectivity index (χ1v) is 10.2. The molecule has 2 amide bonds. The van der Waals surface area contributed by atoms with Crippen molar-refractivity contribution < 1.29 is 9.59 Å². The first-order chi connectivity index (χ1) is 14.0. The van der Waals surface area contributed by atoms with Crippen molar-refractivity contribution in [3.05, 3.63) is 64.4 Å². The highest BCUT2D eigenvalue weighted by atomic mass is 32.1. The van der Waals surface area contributed by atoms with Crippen LogP contribution in [0.15, 0.2) is 42.7 Å². The average molecular weight is 411 g/mol. The van der Waals surface area contributed by atoms with Crippen LogP contribution >= 0.6 is 11.5 Å². The van der Waals surface area contributed by atoms with E-state index in [-0.39, 0.29) is 23.8 Å². The number of carbonyl (C=O) groups is 2. The number of carbonyl (C=O) groups excluding carboxylic acids is 2. The van der Waals surface area contributed by atoms with Crippen LogP contribution in [0.25, 0.3) is 0 Å². The molecule has 3 heterocycles. The zero-order chi connectivity index (χ0) is 20.4. The minimum atomic E-state index is -0.196. The van der Waals surface area contributed by atoms with E-state index in [0.29, 0.717) is 30.1 Å². The molecule has 1 aliphatic heterocycles. The van der Waals surface area contributed by atoms with E-state index in [1.807, 2.05) is 35.3 Å². The van der Waals surface area contributed by atoms with Gasteiger partial charge in [-0.15, -0.1) is 5.10 Å². The molecular formula is C20H22N6O2S. The number of amides is 2. The minimum absolute atomic E-state index is 0.0213. The lowest BCUT2D eigenvalue weighted by atomic mass is 9.95. The van der Waals surface area contributed by atoms with Gasteiger partial charge in [-0.3, -0.25) is 14.3 Å². The van der Waals surface area contributed by atoms with Gasteiger partial charge >= 0.3 is 0 Å². The molecule has 8 nitrogen and oxygen atoms in total. The number of hydrogen-bond acceptors (Lipinski definition) is 6. The van der Waals surface area contributed by atoms with Crippen LogP contribution in [0.5, 0.6) is 0 Å². The third kappa shape index (κ3) is 4.04. The van der Waals surface area contributed by atoms with Crippen molar-refractivity contribution >= 4 is 23.3 Å². The Morgan fingerprint density at radius 2 is 2.10 bits per heavy atom. The summed E-state index contributed by atoms with van der Waals surface area (Å²) in [6.45, 7) is 2.83. The van der Waals surface area contributed by atoms with Crippen molar-refractivity contribution in [1.82, 2.24) is 29.6 Å². The molecule has 150 valence electrons. The van der Waals surface area contributed by atoms with E-state index < -0.39 is 0 Å². The van der Waals surface area contributed by atoms with Crippen LogP contribution in [-0.2, 0) is 11.3 Å². The van der Waals surface area contributed by atoms with Crippen LogP contribution in [0.1, 0.15) is 39.0 Å². The quantitative estimate of drug-likeness (QED) is 0.671. The molecule has 9 heteroatoms. The monoisotopic (exact) mass is 410 g/mol. The molecule has 29 heavy (non-hydrogen) atoms. The summed E-state index contributed by atoms with van der Waals surface area (Å²) in [5, 5.41) is 11.3. The Bertz CT molecular complexity index is 1010. The highest BCUT2D eigenvalue weighted by Crippen LogP contribution is 2.36. The molecule has 1 aromatic carbocycles. The third-order valence-corrected chi connectivity index (χ3v) is 6.09. The fraction of sp³-hybridized carbons (Fsp3) is 0.350. The summed E-state index contributed by atoms with van der Waals surface area (Å²) in [4.78, 5) is 27.0. The smallest absolute Gasteiger partial charge is 0.264 e. The summed E-state index contributed by atoms with van der Waals surface area (Å²) in [6.07, 6.45) is 4.19. The standard InChI is InChI=1S/C20H22N6O2S/c1-13-19(29-24-23-13)20(28)21-9-15-8-17(27)25(2)18(15)16-10-22-26(12-16)11-14-6-4-3-5-7-14/h3-7,10,12,15,18H,8-9,11H2,1-2H3,(H,21,28)/t15-,18+/m0/s1. The lowest BCUT2D eigenvalue weighted by Crippen LogP contribution is -2.32. The predicted octanol–water partition coefficient (Wildman–Crippen LogP) is 2.04. The lowest BCUT2D eigenvalue weighted by Gasteiger charge is -2.24. The molecule has 3 aromatic rings. The van der Waals surface area contributed by atoms with Gasteiger partial charge in [0, 0.05) is 37.7 Å². The molecule has 1 fully saturated rings. The van der Waals surface area contributed by atoms with Gasteiger partial charge in [0.2, 0.25) is 5.91 Å². The fourth-order valence-electron chi connectivity index (χ4n) is 3.76. The summed E-state index contributed by atoms with van der Waals surface area (Å²) < 4.78 is 5.68. The summed E-state index contributed by atoms with van der Waals surface area (Å²) in [5.41, 5.74) is 2.75. The molecular weight excluding hydrogens is 388 g/mol. The van der Waals surface area contributed by atoms with Gasteiger partial charge in [0.1, 0.15) is 4.88 Å². The van der Waals surface area contributed by atoms with Gasteiger partial charge in [-0.2, -0.15) is 5.10 Å². The Kier molecular flexibility index (Phi) is 5.39. The van der Waals surface area contributed by atoms with Crippen LogP contribution < -0.4 is 5.32 Å². The van der Waals surface area contributed by atoms with Crippen molar-refractivity contribution in [3.8, 4) is 0 Å². The predicted molar refractivity (Wildman–Crippen MR) is 108 cm³/mol. The SMILES string of the molecule is Cc1nnsc1C(=O)NC[C@@H]1CC(=O)N(C)[C@H]1c1cnn(Cc2ccccc2)c1. The number of benzene rings is 1. The van der Waals surface area contributed by atoms with Crippen LogP contribution in [0.2, 0.25) is 0 Å². The van der Waals surface area contributed by atoms with Crippen molar-refractivity contribution in [3.63, 3.8) is 0 Å². The van der Waals surface area contributed by atoms with E-state index in [0.717, 1.165) is 22.7 Å². The summed E-state index contributed by atoms with van der Waals surface area (Å²) in [5.74, 6) is -0.147. The van der Waals surface area contributed by atoms with Crippen LogP contribution in [-0.4, -0.2) is 49.7 Å². The largest absolute Gasteiger partial charge is 0.351 e. The topological polar surface area (TPSA) is 93.0 Å². The summed E-state index contributed by atoms with van der Waals surface area (Å²) in [7, 11) is 1.81. The first kappa shape index (κ1) is 19.3. The second kappa shape index (κ2) is 8.12. The van der Waals surface area contributed by atoms with Gasteiger partial charge in [0.25, 0.3) is 5.91 Å². The van der Waals surface area contributed by atoms with Gasteiger partial charge in [0.15, 0.2) is 0 Å². The molecule has 0 bridgehead atoms. The zero-order valence-electron chi connectivity index (χ0n) is 16.3. The van der Waals surface area contributed by atoms with E-state index >= 15 is 0 Å². The average Bonchev–Trinajstić information content (AvgIpc) is 3.41. The minimum Gasteiger partial charge on any atom is -0.351 e. The molecule has 1 N–H and O–H groups in total. The molecule has 0 unspecified atom stereocenters. The number of rotatable bonds is 6. The number of nitrogens with zero attached hydrogens (tertiary/aromatic N) is 5. The molecule has 0 radical (unpaired) electrons. The van der Waals surface area contributed by atoms with E-state index in [2.05, 4.69) is 32.1 Å². The number of likely N-dealkylation sites (tertiary alicyclic amines) is 1. The van der Waals surface area contributed by atoms with Crippen molar-refractivity contribution in [1.29, 1.82) is 0 Å². The van der Waals surface area contributed by atoms with Crippen molar-refractivity contribution in [2.45, 2.75) is 25.9 Å². The Morgan fingerprint density at radius 3 is 2.83 bits per heavy atom. The molecule has 0 aliphatic carbocycles. The number of aryl methyl sites for hydroxylation is 1. The second-order valence-electron chi connectivity index (χ2n) is 7.27. The Labute approximate surface area is 172 Å². The highest BCUT2D eigenvalue weighted by molar-refractivity contribution is 7.08. The van der Waals surface area contributed by atoms with E-state index in [9.17, 15) is 9.59 Å². The Hall–Kier alpha value is -3.07. The van der Waals surface area contributed by atoms with Crippen molar-refractivity contribution in [2.75, 3.05) is 13.6 Å². The third-order valence-electron chi connectivity index (χ3n) is 5.26. The van der Waals surface area contributed by atoms with Crippen LogP contribution in [0.3, 0.4) is 0 Å². The van der Waals surface area contributed by atoms with Gasteiger partial charge in [-0.1, -0.05) is 34.8 Å².